The minimum Gasteiger partial charge on any atom is -0.411 e. The molecule has 0 spiro atoms. The van der Waals surface area contributed by atoms with E-state index in [4.69, 9.17) is 4.43 Å². The summed E-state index contributed by atoms with van der Waals surface area (Å²) in [6.45, 7) is 15.7. The summed E-state index contributed by atoms with van der Waals surface area (Å²) in [7, 11) is -0.597. The van der Waals surface area contributed by atoms with Crippen LogP contribution < -0.4 is 0 Å². The predicted molar refractivity (Wildman–Crippen MR) is 72.8 cm³/mol. The van der Waals surface area contributed by atoms with E-state index in [2.05, 4.69) is 51.6 Å². The molecule has 1 rings (SSSR count). The van der Waals surface area contributed by atoms with Gasteiger partial charge in [0.15, 0.2) is 15.6 Å². The first-order valence-corrected chi connectivity index (χ1v) is 7.50. The first-order valence-electron chi connectivity index (χ1n) is 6.21. The van der Waals surface area contributed by atoms with Crippen LogP contribution >= 0.6 is 0 Å². The van der Waals surface area contributed by atoms with Gasteiger partial charge in [-0.2, -0.15) is 5.10 Å². The third-order valence-electron chi connectivity index (χ3n) is 2.56. The second-order valence-electron chi connectivity index (χ2n) is 6.16. The molecule has 1 aromatic rings. The maximum absolute atomic E-state index is 6.09. The van der Waals surface area contributed by atoms with Gasteiger partial charge >= 0.3 is 0 Å². The van der Waals surface area contributed by atoms with E-state index in [0.717, 1.165) is 18.2 Å². The van der Waals surface area contributed by atoms with Crippen molar-refractivity contribution in [2.75, 3.05) is 0 Å². The third-order valence-corrected chi connectivity index (χ3v) is 4.29. The van der Waals surface area contributed by atoms with Gasteiger partial charge in [-0.3, -0.25) is 4.68 Å². The van der Waals surface area contributed by atoms with Crippen molar-refractivity contribution in [3.63, 3.8) is 0 Å². The highest BCUT2D eigenvalue weighted by Crippen LogP contribution is 2.27. The van der Waals surface area contributed by atoms with E-state index < -0.39 is 9.76 Å². The smallest absolute Gasteiger partial charge is 0.180 e. The Bertz CT molecular complexity index is 380. The Labute approximate surface area is 107 Å². The van der Waals surface area contributed by atoms with Crippen molar-refractivity contribution in [3.8, 4) is 0 Å². The summed E-state index contributed by atoms with van der Waals surface area (Å²) in [4.78, 5) is 4.50. The summed E-state index contributed by atoms with van der Waals surface area (Å²) in [6, 6.07) is 0. The Balaban J connectivity index is 2.81. The molecule has 0 aliphatic heterocycles. The fourth-order valence-corrected chi connectivity index (χ4v) is 2.36. The van der Waals surface area contributed by atoms with E-state index in [1.165, 1.54) is 0 Å². The minimum absolute atomic E-state index is 0.291. The number of nitrogens with zero attached hydrogens (tertiary/aromatic N) is 3. The summed E-state index contributed by atoms with van der Waals surface area (Å²) >= 11 is 0. The van der Waals surface area contributed by atoms with Crippen molar-refractivity contribution in [1.82, 2.24) is 14.8 Å². The highest BCUT2D eigenvalue weighted by molar-refractivity contribution is 6.31. The van der Waals surface area contributed by atoms with Crippen molar-refractivity contribution in [3.05, 3.63) is 11.6 Å². The van der Waals surface area contributed by atoms with Crippen molar-refractivity contribution >= 4 is 9.76 Å². The van der Waals surface area contributed by atoms with Gasteiger partial charge < -0.3 is 4.43 Å². The van der Waals surface area contributed by atoms with E-state index >= 15 is 0 Å². The molecule has 1 heterocycles. The average Bonchev–Trinajstić information content (AvgIpc) is 2.56. The number of rotatable bonds is 4. The van der Waals surface area contributed by atoms with Crippen LogP contribution in [-0.4, -0.2) is 24.5 Å². The third kappa shape index (κ3) is 3.92. The van der Waals surface area contributed by atoms with Gasteiger partial charge in [0.25, 0.3) is 0 Å². The molecule has 0 amide bonds. The molecule has 5 heteroatoms. The van der Waals surface area contributed by atoms with Crippen LogP contribution in [0.25, 0.3) is 0 Å². The second-order valence-corrected chi connectivity index (χ2v) is 8.86. The van der Waals surface area contributed by atoms with E-state index in [9.17, 15) is 0 Å². The highest BCUT2D eigenvalue weighted by atomic mass is 28.2. The van der Waals surface area contributed by atoms with Crippen LogP contribution in [0.15, 0.2) is 0 Å². The molecule has 98 valence electrons. The number of aromatic nitrogens is 3. The molecule has 0 saturated carbocycles. The maximum atomic E-state index is 6.09. The lowest BCUT2D eigenvalue weighted by molar-refractivity contribution is 0.0987. The monoisotopic (exact) mass is 255 g/mol. The summed E-state index contributed by atoms with van der Waals surface area (Å²) in [5.74, 6) is 1.75. The Morgan fingerprint density at radius 3 is 2.24 bits per heavy atom. The molecule has 0 atom stereocenters. The molecule has 0 fully saturated rings. The molecular formula is C12H25N3OSi. The predicted octanol–water partition coefficient (Wildman–Crippen LogP) is 2.16. The molecule has 0 radical (unpaired) electrons. The van der Waals surface area contributed by atoms with Crippen LogP contribution in [0.3, 0.4) is 0 Å². The first kappa shape index (κ1) is 14.4. The van der Waals surface area contributed by atoms with Crippen molar-refractivity contribution in [2.24, 2.45) is 0 Å². The normalized spacial score (nSPS) is 13.8. The molecule has 0 aliphatic rings. The Morgan fingerprint density at radius 2 is 1.82 bits per heavy atom. The zero-order chi connectivity index (χ0) is 13.3. The molecule has 1 aromatic heterocycles. The van der Waals surface area contributed by atoms with Gasteiger partial charge in [0.2, 0.25) is 0 Å². The summed E-state index contributed by atoms with van der Waals surface area (Å²) in [6.07, 6.45) is 0. The van der Waals surface area contributed by atoms with Gasteiger partial charge in [0, 0.05) is 6.54 Å². The van der Waals surface area contributed by atoms with Crippen LogP contribution in [0.1, 0.15) is 53.2 Å². The first-order chi connectivity index (χ1) is 7.65. The standard InChI is InChI=1S/C12H25N3OSi/c1-8-15-9(2)13-10(14-15)12(6,7)16-17-11(3,4)5/h8,17H2,1-7H3. The minimum atomic E-state index is -0.597. The summed E-state index contributed by atoms with van der Waals surface area (Å²) in [5, 5.41) is 4.79. The van der Waals surface area contributed by atoms with Crippen LogP contribution in [0.4, 0.5) is 0 Å². The second kappa shape index (κ2) is 4.90. The largest absolute Gasteiger partial charge is 0.411 e. The molecule has 4 nitrogen and oxygen atoms in total. The van der Waals surface area contributed by atoms with Crippen molar-refractivity contribution in [2.45, 2.75) is 65.7 Å². The van der Waals surface area contributed by atoms with E-state index in [1.54, 1.807) is 0 Å². The van der Waals surface area contributed by atoms with Crippen LogP contribution in [0.5, 0.6) is 0 Å². The summed E-state index contributed by atoms with van der Waals surface area (Å²) in [5.41, 5.74) is -0.370. The topological polar surface area (TPSA) is 39.9 Å². The molecule has 0 saturated heterocycles. The van der Waals surface area contributed by atoms with Crippen LogP contribution in [-0.2, 0) is 16.6 Å². The number of hydrogen-bond acceptors (Lipinski definition) is 3. The van der Waals surface area contributed by atoms with Crippen LogP contribution in [0.2, 0.25) is 5.04 Å². The van der Waals surface area contributed by atoms with E-state index in [0.29, 0.717) is 5.04 Å². The fourth-order valence-electron chi connectivity index (χ4n) is 1.44. The fraction of sp³-hybridized carbons (Fsp3) is 0.833. The van der Waals surface area contributed by atoms with Crippen molar-refractivity contribution < 1.29 is 4.43 Å². The molecule has 17 heavy (non-hydrogen) atoms. The SMILES string of the molecule is CCn1nc(C(C)(C)O[SiH2]C(C)(C)C)nc1C. The van der Waals surface area contributed by atoms with Gasteiger partial charge in [0.1, 0.15) is 11.4 Å². The molecule has 0 aromatic carbocycles. The number of aryl methyl sites for hydroxylation is 2. The van der Waals surface area contributed by atoms with E-state index in [1.807, 2.05) is 11.6 Å². The lowest BCUT2D eigenvalue weighted by Crippen LogP contribution is -2.29. The molecule has 0 aliphatic carbocycles. The highest BCUT2D eigenvalue weighted by Gasteiger charge is 2.28. The Hall–Kier alpha value is -0.683. The molecule has 0 bridgehead atoms. The molecule has 0 unspecified atom stereocenters. The van der Waals surface area contributed by atoms with Gasteiger partial charge in [-0.25, -0.2) is 4.98 Å². The quantitative estimate of drug-likeness (QED) is 0.774. The van der Waals surface area contributed by atoms with E-state index in [-0.39, 0.29) is 5.60 Å². The van der Waals surface area contributed by atoms with Gasteiger partial charge in [-0.15, -0.1) is 0 Å². The lowest BCUT2D eigenvalue weighted by Gasteiger charge is -2.27. The van der Waals surface area contributed by atoms with Gasteiger partial charge in [-0.1, -0.05) is 20.8 Å². The van der Waals surface area contributed by atoms with Gasteiger partial charge in [0.05, 0.1) is 0 Å². The number of hydrogen-bond donors (Lipinski definition) is 0. The zero-order valence-corrected chi connectivity index (χ0v) is 13.6. The lowest BCUT2D eigenvalue weighted by atomic mass is 10.1. The van der Waals surface area contributed by atoms with Crippen LogP contribution in [0, 0.1) is 6.92 Å². The Morgan fingerprint density at radius 1 is 1.24 bits per heavy atom. The zero-order valence-electron chi connectivity index (χ0n) is 12.2. The summed E-state index contributed by atoms with van der Waals surface area (Å²) < 4.78 is 8.01. The average molecular weight is 255 g/mol. The molecule has 0 N–H and O–H groups in total. The van der Waals surface area contributed by atoms with Gasteiger partial charge in [-0.05, 0) is 32.7 Å². The Kier molecular flexibility index (Phi) is 4.14. The van der Waals surface area contributed by atoms with Crippen molar-refractivity contribution in [1.29, 1.82) is 0 Å². The maximum Gasteiger partial charge on any atom is 0.180 e. The molecular weight excluding hydrogens is 230 g/mol.